The lowest BCUT2D eigenvalue weighted by Crippen LogP contribution is -2.39. The van der Waals surface area contributed by atoms with Gasteiger partial charge in [-0.2, -0.15) is 0 Å². The Hall–Kier alpha value is -0.170. The minimum atomic E-state index is -3.16. The second-order valence-corrected chi connectivity index (χ2v) is 9.13. The lowest BCUT2D eigenvalue weighted by atomic mass is 10.1. The summed E-state index contributed by atoms with van der Waals surface area (Å²) < 4.78 is 32.8. The molecule has 0 spiro atoms. The van der Waals surface area contributed by atoms with Crippen LogP contribution < -0.4 is 4.72 Å². The molecular formula is C16H30N2O3S. The molecular weight excluding hydrogens is 300 g/mol. The van der Waals surface area contributed by atoms with Crippen LogP contribution in [0.4, 0.5) is 0 Å². The van der Waals surface area contributed by atoms with Crippen molar-refractivity contribution in [1.82, 2.24) is 9.62 Å². The van der Waals surface area contributed by atoms with E-state index in [1.54, 1.807) is 0 Å². The maximum absolute atomic E-state index is 12.2. The van der Waals surface area contributed by atoms with Gasteiger partial charge < -0.3 is 9.64 Å². The van der Waals surface area contributed by atoms with Gasteiger partial charge in [0.05, 0.1) is 11.9 Å². The normalized spacial score (nSPS) is 31.3. The van der Waals surface area contributed by atoms with Crippen molar-refractivity contribution < 1.29 is 13.2 Å². The smallest absolute Gasteiger partial charge is 0.211 e. The summed E-state index contributed by atoms with van der Waals surface area (Å²) in [6.07, 6.45) is 9.27. The molecule has 0 aromatic rings. The Kier molecular flexibility index (Phi) is 5.76. The van der Waals surface area contributed by atoms with Gasteiger partial charge in [-0.15, -0.1) is 0 Å². The minimum Gasteiger partial charge on any atom is -0.378 e. The molecule has 0 amide bonds. The van der Waals surface area contributed by atoms with Crippen molar-refractivity contribution >= 4 is 10.0 Å². The van der Waals surface area contributed by atoms with E-state index in [2.05, 4.69) is 9.62 Å². The molecule has 0 unspecified atom stereocenters. The fourth-order valence-corrected chi connectivity index (χ4v) is 5.52. The zero-order valence-corrected chi connectivity index (χ0v) is 14.3. The van der Waals surface area contributed by atoms with Gasteiger partial charge in [0.15, 0.2) is 0 Å². The Morgan fingerprint density at radius 1 is 1.09 bits per heavy atom. The molecule has 0 radical (unpaired) electrons. The van der Waals surface area contributed by atoms with Crippen LogP contribution in [0.25, 0.3) is 0 Å². The number of likely N-dealkylation sites (tertiary alicyclic amines) is 1. The second kappa shape index (κ2) is 7.60. The Morgan fingerprint density at radius 2 is 1.91 bits per heavy atom. The molecule has 0 aromatic heterocycles. The summed E-state index contributed by atoms with van der Waals surface area (Å²) in [5.74, 6) is 1.05. The number of nitrogens with one attached hydrogen (secondary N) is 1. The number of ether oxygens (including phenoxy) is 1. The summed E-state index contributed by atoms with van der Waals surface area (Å²) in [6.45, 7) is 3.87. The Labute approximate surface area is 134 Å². The molecule has 1 N–H and O–H groups in total. The molecule has 3 fully saturated rings. The molecule has 3 aliphatic rings. The van der Waals surface area contributed by atoms with Crippen molar-refractivity contribution in [1.29, 1.82) is 0 Å². The highest BCUT2D eigenvalue weighted by molar-refractivity contribution is 7.89. The molecule has 22 heavy (non-hydrogen) atoms. The van der Waals surface area contributed by atoms with Crippen molar-refractivity contribution in [2.75, 3.05) is 32.0 Å². The number of nitrogens with zero attached hydrogens (tertiary/aromatic N) is 1. The van der Waals surface area contributed by atoms with E-state index in [0.717, 1.165) is 51.4 Å². The van der Waals surface area contributed by atoms with Gasteiger partial charge in [-0.1, -0.05) is 12.8 Å². The lowest BCUT2D eigenvalue weighted by Gasteiger charge is -2.20. The number of hydrogen-bond acceptors (Lipinski definition) is 4. The van der Waals surface area contributed by atoms with E-state index in [4.69, 9.17) is 4.74 Å². The van der Waals surface area contributed by atoms with Crippen LogP contribution >= 0.6 is 0 Å². The number of sulfonamides is 1. The maximum atomic E-state index is 12.2. The van der Waals surface area contributed by atoms with Crippen LogP contribution in [0.1, 0.15) is 51.4 Å². The number of rotatable bonds is 7. The average Bonchev–Trinajstić information content (AvgIpc) is 3.19. The molecule has 0 bridgehead atoms. The molecule has 6 heteroatoms. The van der Waals surface area contributed by atoms with Gasteiger partial charge in [0.25, 0.3) is 0 Å². The van der Waals surface area contributed by atoms with Crippen LogP contribution in [-0.4, -0.2) is 57.5 Å². The number of hydrogen-bond donors (Lipinski definition) is 1. The molecule has 1 aliphatic carbocycles. The van der Waals surface area contributed by atoms with E-state index in [9.17, 15) is 8.42 Å². The van der Waals surface area contributed by atoms with E-state index in [1.807, 2.05) is 0 Å². The highest BCUT2D eigenvalue weighted by Crippen LogP contribution is 2.26. The molecule has 2 aliphatic heterocycles. The first kappa shape index (κ1) is 16.7. The van der Waals surface area contributed by atoms with Crippen LogP contribution in [0, 0.1) is 5.92 Å². The van der Waals surface area contributed by atoms with Crippen molar-refractivity contribution in [3.63, 3.8) is 0 Å². The van der Waals surface area contributed by atoms with Gasteiger partial charge in [-0.3, -0.25) is 0 Å². The monoisotopic (exact) mass is 330 g/mol. The summed E-state index contributed by atoms with van der Waals surface area (Å²) in [7, 11) is -3.16. The molecule has 128 valence electrons. The fourth-order valence-electron chi connectivity index (χ4n) is 4.12. The zero-order chi connectivity index (χ0) is 15.4. The summed E-state index contributed by atoms with van der Waals surface area (Å²) in [6, 6.07) is 0.107. The van der Waals surface area contributed by atoms with E-state index < -0.39 is 10.0 Å². The van der Waals surface area contributed by atoms with Gasteiger partial charge in [-0.05, 0) is 51.0 Å². The second-order valence-electron chi connectivity index (χ2n) is 7.26. The topological polar surface area (TPSA) is 58.6 Å². The van der Waals surface area contributed by atoms with Crippen LogP contribution in [-0.2, 0) is 14.8 Å². The lowest BCUT2D eigenvalue weighted by molar-refractivity contribution is 0.108. The molecule has 2 heterocycles. The van der Waals surface area contributed by atoms with Crippen LogP contribution in [0.2, 0.25) is 0 Å². The van der Waals surface area contributed by atoms with Crippen LogP contribution in [0.15, 0.2) is 0 Å². The standard InChI is InChI=1S/C16H30N2O3S/c19-22(20,11-8-16-6-3-10-21-16)17-15-7-9-18(13-15)12-14-4-1-2-5-14/h14-17H,1-13H2/t15-,16-/m0/s1. The third kappa shape index (κ3) is 4.91. The van der Waals surface area contributed by atoms with E-state index >= 15 is 0 Å². The van der Waals surface area contributed by atoms with Crippen molar-refractivity contribution in [3.8, 4) is 0 Å². The molecule has 0 aromatic carbocycles. The molecule has 2 atom stereocenters. The minimum absolute atomic E-state index is 0.107. The quantitative estimate of drug-likeness (QED) is 0.772. The SMILES string of the molecule is O=S(=O)(CC[C@@H]1CCCO1)N[C@H]1CCN(CC2CCCC2)C1. The Balaban J connectivity index is 1.38. The first-order chi connectivity index (χ1) is 10.6. The van der Waals surface area contributed by atoms with E-state index in [0.29, 0.717) is 6.42 Å². The first-order valence-electron chi connectivity index (χ1n) is 8.95. The summed E-state index contributed by atoms with van der Waals surface area (Å²) in [5.41, 5.74) is 0. The fraction of sp³-hybridized carbons (Fsp3) is 1.00. The predicted molar refractivity (Wildman–Crippen MR) is 87.3 cm³/mol. The first-order valence-corrected chi connectivity index (χ1v) is 10.6. The summed E-state index contributed by atoms with van der Waals surface area (Å²) in [5, 5.41) is 0. The van der Waals surface area contributed by atoms with Gasteiger partial charge >= 0.3 is 0 Å². The summed E-state index contributed by atoms with van der Waals surface area (Å²) >= 11 is 0. The zero-order valence-electron chi connectivity index (χ0n) is 13.5. The molecule has 3 rings (SSSR count). The van der Waals surface area contributed by atoms with Crippen molar-refractivity contribution in [2.45, 2.75) is 63.5 Å². The molecule has 1 saturated carbocycles. The third-order valence-electron chi connectivity index (χ3n) is 5.34. The Morgan fingerprint density at radius 3 is 2.64 bits per heavy atom. The van der Waals surface area contributed by atoms with Crippen molar-refractivity contribution in [2.24, 2.45) is 5.92 Å². The molecule has 2 saturated heterocycles. The van der Waals surface area contributed by atoms with Gasteiger partial charge in [0.2, 0.25) is 10.0 Å². The summed E-state index contributed by atoms with van der Waals surface area (Å²) in [4.78, 5) is 2.45. The van der Waals surface area contributed by atoms with Crippen molar-refractivity contribution in [3.05, 3.63) is 0 Å². The van der Waals surface area contributed by atoms with E-state index in [1.165, 1.54) is 25.7 Å². The molecule has 5 nitrogen and oxygen atoms in total. The Bertz CT molecular complexity index is 442. The van der Waals surface area contributed by atoms with Gasteiger partial charge in [0, 0.05) is 25.7 Å². The average molecular weight is 330 g/mol. The highest BCUT2D eigenvalue weighted by atomic mass is 32.2. The van der Waals surface area contributed by atoms with E-state index in [-0.39, 0.29) is 17.9 Å². The largest absolute Gasteiger partial charge is 0.378 e. The highest BCUT2D eigenvalue weighted by Gasteiger charge is 2.29. The maximum Gasteiger partial charge on any atom is 0.211 e. The van der Waals surface area contributed by atoms with Crippen LogP contribution in [0.5, 0.6) is 0 Å². The third-order valence-corrected chi connectivity index (χ3v) is 6.81. The predicted octanol–water partition coefficient (Wildman–Crippen LogP) is 1.74. The van der Waals surface area contributed by atoms with Gasteiger partial charge in [0.1, 0.15) is 0 Å². The van der Waals surface area contributed by atoms with Crippen LogP contribution in [0.3, 0.4) is 0 Å². The van der Waals surface area contributed by atoms with Gasteiger partial charge in [-0.25, -0.2) is 13.1 Å².